The molecule has 12 heavy (non-hydrogen) atoms. The van der Waals surface area contributed by atoms with Gasteiger partial charge in [-0.25, -0.2) is 0 Å². The molecule has 2 unspecified atom stereocenters. The van der Waals surface area contributed by atoms with Gasteiger partial charge in [0, 0.05) is 5.92 Å². The Balaban J connectivity index is 2.74. The molecule has 1 aliphatic carbocycles. The average molecular weight is 166 g/mol. The largest absolute Gasteiger partial charge is 0.295 e. The molecule has 0 heterocycles. The van der Waals surface area contributed by atoms with Gasteiger partial charge in [0.05, 0.1) is 0 Å². The van der Waals surface area contributed by atoms with Gasteiger partial charge in [-0.3, -0.25) is 4.79 Å². The molecule has 0 aromatic rings. The Kier molecular flexibility index (Phi) is 2.41. The minimum atomic E-state index is 0.222. The van der Waals surface area contributed by atoms with Crippen molar-refractivity contribution in [3.8, 4) is 0 Å². The van der Waals surface area contributed by atoms with E-state index in [4.69, 9.17) is 0 Å². The summed E-state index contributed by atoms with van der Waals surface area (Å²) in [6, 6.07) is 0. The van der Waals surface area contributed by atoms with Crippen LogP contribution < -0.4 is 0 Å². The van der Waals surface area contributed by atoms with E-state index in [0.29, 0.717) is 11.3 Å². The number of carbonyl (C=O) groups excluding carboxylic acids is 1. The fraction of sp³-hybridized carbons (Fsp3) is 0.727. The van der Waals surface area contributed by atoms with Crippen LogP contribution in [0, 0.1) is 17.3 Å². The van der Waals surface area contributed by atoms with Crippen LogP contribution in [0.5, 0.6) is 0 Å². The Morgan fingerprint density at radius 2 is 2.00 bits per heavy atom. The van der Waals surface area contributed by atoms with Crippen molar-refractivity contribution < 1.29 is 4.79 Å². The zero-order valence-electron chi connectivity index (χ0n) is 8.42. The first kappa shape index (κ1) is 9.50. The minimum Gasteiger partial charge on any atom is -0.295 e. The van der Waals surface area contributed by atoms with Crippen LogP contribution >= 0.6 is 0 Å². The zero-order valence-corrected chi connectivity index (χ0v) is 8.42. The molecule has 0 spiro atoms. The van der Waals surface area contributed by atoms with Crippen molar-refractivity contribution in [2.75, 3.05) is 0 Å². The molecule has 0 radical (unpaired) electrons. The summed E-state index contributed by atoms with van der Waals surface area (Å²) in [5, 5.41) is 0. The molecule has 0 bridgehead atoms. The molecule has 0 fully saturated rings. The van der Waals surface area contributed by atoms with E-state index >= 15 is 0 Å². The van der Waals surface area contributed by atoms with E-state index in [2.05, 4.69) is 26.8 Å². The number of carbonyl (C=O) groups is 1. The molecule has 2 atom stereocenters. The Labute approximate surface area is 74.9 Å². The second-order valence-electron chi connectivity index (χ2n) is 4.87. The maximum Gasteiger partial charge on any atom is 0.158 e. The van der Waals surface area contributed by atoms with Crippen LogP contribution in [0.1, 0.15) is 34.1 Å². The van der Waals surface area contributed by atoms with Crippen molar-refractivity contribution in [3.05, 3.63) is 12.2 Å². The van der Waals surface area contributed by atoms with Crippen LogP contribution in [0.25, 0.3) is 0 Å². The van der Waals surface area contributed by atoms with E-state index in [0.717, 1.165) is 6.42 Å². The summed E-state index contributed by atoms with van der Waals surface area (Å²) in [5.74, 6) is 1.07. The van der Waals surface area contributed by atoms with E-state index < -0.39 is 0 Å². The van der Waals surface area contributed by atoms with E-state index in [-0.39, 0.29) is 11.7 Å². The third kappa shape index (κ3) is 1.96. The third-order valence-electron chi connectivity index (χ3n) is 2.70. The highest BCUT2D eigenvalue weighted by Crippen LogP contribution is 2.34. The van der Waals surface area contributed by atoms with E-state index in [9.17, 15) is 4.79 Å². The van der Waals surface area contributed by atoms with E-state index in [1.807, 2.05) is 6.92 Å². The topological polar surface area (TPSA) is 17.1 Å². The van der Waals surface area contributed by atoms with Crippen molar-refractivity contribution in [1.29, 1.82) is 0 Å². The summed E-state index contributed by atoms with van der Waals surface area (Å²) in [6.07, 6.45) is 4.84. The first-order chi connectivity index (χ1) is 5.41. The molecule has 0 saturated heterocycles. The van der Waals surface area contributed by atoms with Gasteiger partial charge in [0.1, 0.15) is 0 Å². The monoisotopic (exact) mass is 166 g/mol. The van der Waals surface area contributed by atoms with Gasteiger partial charge in [-0.15, -0.1) is 0 Å². The van der Waals surface area contributed by atoms with Crippen LogP contribution in [-0.4, -0.2) is 5.78 Å². The Bertz CT molecular complexity index is 208. The molecule has 1 nitrogen and oxygen atoms in total. The SMILES string of the molecule is CC1CC(C(C)(C)C)C=CC1=O. The number of hydrogen-bond acceptors (Lipinski definition) is 1. The molecule has 1 aliphatic rings. The second-order valence-corrected chi connectivity index (χ2v) is 4.87. The normalized spacial score (nSPS) is 30.8. The molecular formula is C11H18O. The van der Waals surface area contributed by atoms with Gasteiger partial charge >= 0.3 is 0 Å². The molecule has 0 saturated carbocycles. The molecule has 1 heteroatoms. The molecule has 68 valence electrons. The lowest BCUT2D eigenvalue weighted by molar-refractivity contribution is -0.118. The maximum absolute atomic E-state index is 11.2. The predicted octanol–water partition coefficient (Wildman–Crippen LogP) is 2.81. The van der Waals surface area contributed by atoms with Gasteiger partial charge in [0.15, 0.2) is 5.78 Å². The summed E-state index contributed by atoms with van der Waals surface area (Å²) in [4.78, 5) is 11.2. The quantitative estimate of drug-likeness (QED) is 0.541. The highest BCUT2D eigenvalue weighted by Gasteiger charge is 2.28. The lowest BCUT2D eigenvalue weighted by Gasteiger charge is -2.32. The second kappa shape index (κ2) is 3.04. The van der Waals surface area contributed by atoms with Crippen molar-refractivity contribution in [2.24, 2.45) is 17.3 Å². The molecule has 0 N–H and O–H groups in total. The standard InChI is InChI=1S/C11H18O/c1-8-7-9(11(2,3)4)5-6-10(8)12/h5-6,8-9H,7H2,1-4H3. The van der Waals surface area contributed by atoms with Crippen molar-refractivity contribution in [3.63, 3.8) is 0 Å². The van der Waals surface area contributed by atoms with E-state index in [1.54, 1.807) is 6.08 Å². The van der Waals surface area contributed by atoms with Crippen LogP contribution in [0.4, 0.5) is 0 Å². The van der Waals surface area contributed by atoms with E-state index in [1.165, 1.54) is 0 Å². The number of ketones is 1. The smallest absolute Gasteiger partial charge is 0.158 e. The molecular weight excluding hydrogens is 148 g/mol. The highest BCUT2D eigenvalue weighted by molar-refractivity contribution is 5.92. The molecule has 0 aliphatic heterocycles. The summed E-state index contributed by atoms with van der Waals surface area (Å²) < 4.78 is 0. The number of rotatable bonds is 0. The highest BCUT2D eigenvalue weighted by atomic mass is 16.1. The zero-order chi connectivity index (χ0) is 9.35. The predicted molar refractivity (Wildman–Crippen MR) is 50.9 cm³/mol. The molecule has 1 rings (SSSR count). The average Bonchev–Trinajstić information content (AvgIpc) is 1.92. The van der Waals surface area contributed by atoms with Gasteiger partial charge in [-0.2, -0.15) is 0 Å². The van der Waals surface area contributed by atoms with Crippen molar-refractivity contribution in [2.45, 2.75) is 34.1 Å². The van der Waals surface area contributed by atoms with Gasteiger partial charge in [-0.1, -0.05) is 33.8 Å². The number of hydrogen-bond donors (Lipinski definition) is 0. The Morgan fingerprint density at radius 1 is 1.42 bits per heavy atom. The molecule has 0 amide bonds. The first-order valence-electron chi connectivity index (χ1n) is 4.63. The Morgan fingerprint density at radius 3 is 2.42 bits per heavy atom. The number of allylic oxidation sites excluding steroid dienone is 2. The lowest BCUT2D eigenvalue weighted by atomic mass is 9.72. The van der Waals surface area contributed by atoms with Gasteiger partial charge in [-0.05, 0) is 23.8 Å². The van der Waals surface area contributed by atoms with Gasteiger partial charge in [0.25, 0.3) is 0 Å². The van der Waals surface area contributed by atoms with Crippen LogP contribution in [0.2, 0.25) is 0 Å². The van der Waals surface area contributed by atoms with Gasteiger partial charge < -0.3 is 0 Å². The van der Waals surface area contributed by atoms with Crippen LogP contribution in [0.3, 0.4) is 0 Å². The molecule has 0 aromatic carbocycles. The van der Waals surface area contributed by atoms with Crippen LogP contribution in [0.15, 0.2) is 12.2 Å². The van der Waals surface area contributed by atoms with Gasteiger partial charge in [0.2, 0.25) is 0 Å². The molecule has 0 aromatic heterocycles. The lowest BCUT2D eigenvalue weighted by Crippen LogP contribution is -2.26. The van der Waals surface area contributed by atoms with Crippen LogP contribution in [-0.2, 0) is 4.79 Å². The summed E-state index contributed by atoms with van der Waals surface area (Å²) in [5.41, 5.74) is 0.297. The summed E-state index contributed by atoms with van der Waals surface area (Å²) in [7, 11) is 0. The summed E-state index contributed by atoms with van der Waals surface area (Å²) in [6.45, 7) is 8.70. The summed E-state index contributed by atoms with van der Waals surface area (Å²) >= 11 is 0. The van der Waals surface area contributed by atoms with Crippen molar-refractivity contribution >= 4 is 5.78 Å². The Hall–Kier alpha value is -0.590. The third-order valence-corrected chi connectivity index (χ3v) is 2.70. The first-order valence-corrected chi connectivity index (χ1v) is 4.63. The fourth-order valence-electron chi connectivity index (χ4n) is 1.59. The minimum absolute atomic E-state index is 0.222. The van der Waals surface area contributed by atoms with Crippen molar-refractivity contribution in [1.82, 2.24) is 0 Å². The maximum atomic E-state index is 11.2. The fourth-order valence-corrected chi connectivity index (χ4v) is 1.59.